The predicted octanol–water partition coefficient (Wildman–Crippen LogP) is 1.84. The van der Waals surface area contributed by atoms with Crippen molar-refractivity contribution in [3.63, 3.8) is 0 Å². The molecule has 2 unspecified atom stereocenters. The minimum atomic E-state index is -0.758. The Kier molecular flexibility index (Phi) is 4.95. The molecule has 0 spiro atoms. The van der Waals surface area contributed by atoms with Crippen molar-refractivity contribution in [1.29, 1.82) is 0 Å². The Labute approximate surface area is 182 Å². The number of fused-ring (bicyclic) bond motifs is 2. The molecular weight excluding hydrogens is 420 g/mol. The third kappa shape index (κ3) is 3.43. The fourth-order valence-corrected chi connectivity index (χ4v) is 4.37. The molecule has 0 bridgehead atoms. The predicted molar refractivity (Wildman–Crippen MR) is 109 cm³/mol. The molecule has 2 aliphatic rings. The molecule has 2 atom stereocenters. The van der Waals surface area contributed by atoms with Crippen molar-refractivity contribution in [2.24, 2.45) is 0 Å². The summed E-state index contributed by atoms with van der Waals surface area (Å²) in [4.78, 5) is 31.5. The van der Waals surface area contributed by atoms with Gasteiger partial charge in [0.25, 0.3) is 11.8 Å². The maximum Gasteiger partial charge on any atom is 0.291 e. The van der Waals surface area contributed by atoms with Gasteiger partial charge in [0.2, 0.25) is 5.82 Å². The molecule has 4 heterocycles. The number of hydrogen-bond acceptors (Lipinski definition) is 5. The highest BCUT2D eigenvalue weighted by Gasteiger charge is 2.32. The van der Waals surface area contributed by atoms with Gasteiger partial charge in [-0.05, 0) is 37.5 Å². The van der Waals surface area contributed by atoms with E-state index in [1.165, 1.54) is 9.58 Å². The molecule has 3 aromatic rings. The third-order valence-corrected chi connectivity index (χ3v) is 6.00. The van der Waals surface area contributed by atoms with Gasteiger partial charge in [-0.3, -0.25) is 14.5 Å². The average Bonchev–Trinajstić information content (AvgIpc) is 3.42. The van der Waals surface area contributed by atoms with Crippen molar-refractivity contribution in [3.05, 3.63) is 59.3 Å². The molecule has 9 nitrogen and oxygen atoms in total. The number of carbonyl (C=O) groups excluding carboxylic acids is 2. The number of aryl methyl sites for hydroxylation is 2. The van der Waals surface area contributed by atoms with Gasteiger partial charge >= 0.3 is 0 Å². The number of rotatable bonds is 3. The fourth-order valence-electron chi connectivity index (χ4n) is 4.37. The number of amides is 2. The number of aromatic nitrogens is 5. The summed E-state index contributed by atoms with van der Waals surface area (Å²) in [7, 11) is 1.63. The van der Waals surface area contributed by atoms with Crippen LogP contribution < -0.4 is 10.2 Å². The average molecular weight is 441 g/mol. The van der Waals surface area contributed by atoms with Crippen LogP contribution in [-0.4, -0.2) is 49.4 Å². The van der Waals surface area contributed by atoms with Crippen molar-refractivity contribution in [1.82, 2.24) is 29.9 Å². The number of anilines is 1. The lowest BCUT2D eigenvalue weighted by atomic mass is 9.97. The molecule has 32 heavy (non-hydrogen) atoms. The van der Waals surface area contributed by atoms with Crippen LogP contribution in [0, 0.1) is 11.6 Å². The zero-order valence-corrected chi connectivity index (χ0v) is 17.3. The lowest BCUT2D eigenvalue weighted by Gasteiger charge is -2.24. The van der Waals surface area contributed by atoms with E-state index < -0.39 is 29.6 Å². The Morgan fingerprint density at radius 1 is 1.22 bits per heavy atom. The molecule has 2 aromatic heterocycles. The van der Waals surface area contributed by atoms with Gasteiger partial charge in [0.05, 0.1) is 12.2 Å². The summed E-state index contributed by atoms with van der Waals surface area (Å²) in [6.07, 6.45) is 3.82. The SMILES string of the molecule is CN1C(=O)C(NC(=O)c2nc3n(n2)C(c2cc(F)ccc2F)CCC3)CCn2nccc21. The second-order valence-corrected chi connectivity index (χ2v) is 7.99. The van der Waals surface area contributed by atoms with Crippen LogP contribution in [0.3, 0.4) is 0 Å². The summed E-state index contributed by atoms with van der Waals surface area (Å²) in [5, 5.41) is 11.2. The van der Waals surface area contributed by atoms with Crippen LogP contribution in [0.4, 0.5) is 14.6 Å². The maximum absolute atomic E-state index is 14.4. The summed E-state index contributed by atoms with van der Waals surface area (Å²) >= 11 is 0. The van der Waals surface area contributed by atoms with Crippen molar-refractivity contribution in [2.75, 3.05) is 11.9 Å². The lowest BCUT2D eigenvalue weighted by molar-refractivity contribution is -0.120. The van der Waals surface area contributed by atoms with Crippen LogP contribution in [-0.2, 0) is 17.8 Å². The van der Waals surface area contributed by atoms with E-state index in [0.29, 0.717) is 43.9 Å². The highest BCUT2D eigenvalue weighted by molar-refractivity contribution is 6.00. The van der Waals surface area contributed by atoms with Gasteiger partial charge in [-0.25, -0.2) is 23.1 Å². The van der Waals surface area contributed by atoms with Gasteiger partial charge in [-0.15, -0.1) is 5.10 Å². The lowest BCUT2D eigenvalue weighted by Crippen LogP contribution is -2.47. The molecule has 1 N–H and O–H groups in total. The first kappa shape index (κ1) is 20.3. The molecule has 2 amide bonds. The highest BCUT2D eigenvalue weighted by atomic mass is 19.1. The second-order valence-electron chi connectivity index (χ2n) is 7.99. The van der Waals surface area contributed by atoms with E-state index in [1.54, 1.807) is 24.0 Å². The van der Waals surface area contributed by atoms with Crippen LogP contribution in [0.25, 0.3) is 0 Å². The van der Waals surface area contributed by atoms with E-state index in [0.717, 1.165) is 18.2 Å². The Morgan fingerprint density at radius 2 is 2.06 bits per heavy atom. The molecule has 2 aliphatic heterocycles. The number of likely N-dealkylation sites (N-methyl/N-ethyl adjacent to an activating group) is 1. The minimum absolute atomic E-state index is 0.0962. The number of halogens is 2. The standard InChI is InChI=1S/C21H21F2N7O2/c1-28-18-7-9-24-29(18)10-8-15(21(28)32)25-20(31)19-26-17-4-2-3-16(30(17)27-19)13-11-12(22)5-6-14(13)23/h5-7,9,11,15-16H,2-4,8,10H2,1H3,(H,25,31). The quantitative estimate of drug-likeness (QED) is 0.669. The van der Waals surface area contributed by atoms with Gasteiger partial charge in [-0.1, -0.05) is 0 Å². The van der Waals surface area contributed by atoms with Gasteiger partial charge in [0.1, 0.15) is 29.3 Å². The summed E-state index contributed by atoms with van der Waals surface area (Å²) in [5.74, 6) is -0.834. The van der Waals surface area contributed by atoms with Gasteiger partial charge in [0.15, 0.2) is 0 Å². The monoisotopic (exact) mass is 441 g/mol. The first-order valence-corrected chi connectivity index (χ1v) is 10.4. The number of hydrogen-bond donors (Lipinski definition) is 1. The molecule has 0 saturated carbocycles. The van der Waals surface area contributed by atoms with Gasteiger partial charge in [0, 0.05) is 31.6 Å². The van der Waals surface area contributed by atoms with E-state index in [9.17, 15) is 18.4 Å². The fraction of sp³-hybridized carbons (Fsp3) is 0.381. The summed E-state index contributed by atoms with van der Waals surface area (Å²) in [6.45, 7) is 0.470. The topological polar surface area (TPSA) is 97.9 Å². The Hall–Kier alpha value is -3.63. The van der Waals surface area contributed by atoms with E-state index in [-0.39, 0.29) is 17.3 Å². The minimum Gasteiger partial charge on any atom is -0.337 e. The molecule has 1 aromatic carbocycles. The van der Waals surface area contributed by atoms with E-state index >= 15 is 0 Å². The molecule has 5 rings (SSSR count). The van der Waals surface area contributed by atoms with Gasteiger partial charge < -0.3 is 5.32 Å². The van der Waals surface area contributed by atoms with E-state index in [4.69, 9.17) is 0 Å². The van der Waals surface area contributed by atoms with Crippen LogP contribution >= 0.6 is 0 Å². The number of nitrogens with one attached hydrogen (secondary N) is 1. The first-order chi connectivity index (χ1) is 15.4. The first-order valence-electron chi connectivity index (χ1n) is 10.4. The van der Waals surface area contributed by atoms with E-state index in [1.807, 2.05) is 0 Å². The molecule has 0 saturated heterocycles. The molecular formula is C21H21F2N7O2. The third-order valence-electron chi connectivity index (χ3n) is 6.00. The molecule has 11 heteroatoms. The molecule has 0 fully saturated rings. The molecule has 0 radical (unpaired) electrons. The van der Waals surface area contributed by atoms with Crippen molar-refractivity contribution >= 4 is 17.6 Å². The highest BCUT2D eigenvalue weighted by Crippen LogP contribution is 2.31. The van der Waals surface area contributed by atoms with Crippen LogP contribution in [0.5, 0.6) is 0 Å². The maximum atomic E-state index is 14.4. The van der Waals surface area contributed by atoms with Crippen molar-refractivity contribution < 1.29 is 18.4 Å². The largest absolute Gasteiger partial charge is 0.337 e. The van der Waals surface area contributed by atoms with Crippen LogP contribution in [0.15, 0.2) is 30.5 Å². The number of nitrogens with zero attached hydrogens (tertiary/aromatic N) is 6. The van der Waals surface area contributed by atoms with Crippen LogP contribution in [0.1, 0.15) is 47.3 Å². The zero-order chi connectivity index (χ0) is 22.4. The Bertz CT molecular complexity index is 1200. The molecule has 0 aliphatic carbocycles. The smallest absolute Gasteiger partial charge is 0.291 e. The van der Waals surface area contributed by atoms with Crippen LogP contribution in [0.2, 0.25) is 0 Å². The summed E-state index contributed by atoms with van der Waals surface area (Å²) in [6, 6.07) is 3.73. The zero-order valence-electron chi connectivity index (χ0n) is 17.3. The Morgan fingerprint density at radius 3 is 2.91 bits per heavy atom. The van der Waals surface area contributed by atoms with Crippen molar-refractivity contribution in [2.45, 2.75) is 44.3 Å². The summed E-state index contributed by atoms with van der Waals surface area (Å²) < 4.78 is 31.3. The van der Waals surface area contributed by atoms with E-state index in [2.05, 4.69) is 20.5 Å². The van der Waals surface area contributed by atoms with Crippen molar-refractivity contribution in [3.8, 4) is 0 Å². The number of carbonyl (C=O) groups is 2. The summed E-state index contributed by atoms with van der Waals surface area (Å²) in [5.41, 5.74) is 0.179. The second kappa shape index (κ2) is 7.81. The molecule has 166 valence electrons. The normalized spacial score (nSPS) is 20.5. The Balaban J connectivity index is 1.38. The number of benzene rings is 1. The van der Waals surface area contributed by atoms with Gasteiger partial charge in [-0.2, -0.15) is 5.10 Å².